The Morgan fingerprint density at radius 1 is 1.19 bits per heavy atom. The van der Waals surface area contributed by atoms with Gasteiger partial charge in [0.1, 0.15) is 5.82 Å². The van der Waals surface area contributed by atoms with E-state index in [2.05, 4.69) is 15.5 Å². The lowest BCUT2D eigenvalue weighted by molar-refractivity contribution is 0.242. The van der Waals surface area contributed by atoms with Gasteiger partial charge < -0.3 is 4.57 Å². The van der Waals surface area contributed by atoms with Crippen LogP contribution in [-0.4, -0.2) is 22.6 Å². The summed E-state index contributed by atoms with van der Waals surface area (Å²) >= 11 is 0. The number of nitrogens with zero attached hydrogens (tertiary/aromatic N) is 2. The summed E-state index contributed by atoms with van der Waals surface area (Å²) in [5.74, 6) is -0.0727. The second-order valence-electron chi connectivity index (χ2n) is 6.01. The maximum atomic E-state index is 14.3. The van der Waals surface area contributed by atoms with Gasteiger partial charge in [-0.2, -0.15) is 0 Å². The zero-order chi connectivity index (χ0) is 15.1. The highest BCUT2D eigenvalue weighted by Crippen LogP contribution is 2.43. The molecule has 1 aromatic heterocycles. The van der Waals surface area contributed by atoms with Gasteiger partial charge in [-0.1, -0.05) is 13.8 Å². The molecule has 2 aromatic rings. The molecule has 0 bridgehead atoms. The van der Waals surface area contributed by atoms with Crippen LogP contribution in [0.15, 0.2) is 12.1 Å². The number of fused-ring (bicyclic) bond motifs is 5. The first-order valence-corrected chi connectivity index (χ1v) is 8.18. The molecule has 114 valence electrons. The molecule has 1 atom stereocenters. The van der Waals surface area contributed by atoms with Crippen LogP contribution in [0.4, 0.5) is 4.39 Å². The molecular weight excluding hydrogens is 263 g/mol. The van der Waals surface area contributed by atoms with E-state index in [9.17, 15) is 4.39 Å². The molecule has 3 heteroatoms. The Labute approximate surface area is 126 Å². The van der Waals surface area contributed by atoms with Gasteiger partial charge in [-0.15, -0.1) is 0 Å². The Bertz CT molecular complexity index is 672. The van der Waals surface area contributed by atoms with E-state index in [-0.39, 0.29) is 5.82 Å². The summed E-state index contributed by atoms with van der Waals surface area (Å²) in [6.45, 7) is 8.31. The maximum absolute atomic E-state index is 14.3. The lowest BCUT2D eigenvalue weighted by Gasteiger charge is -2.30. The van der Waals surface area contributed by atoms with Crippen molar-refractivity contribution >= 4 is 10.9 Å². The third-order valence-electron chi connectivity index (χ3n) is 4.88. The van der Waals surface area contributed by atoms with Gasteiger partial charge in [0.05, 0.1) is 5.52 Å². The first kappa shape index (κ1) is 14.6. The number of rotatable bonds is 0. The molecule has 2 aliphatic heterocycles. The highest BCUT2D eigenvalue weighted by Gasteiger charge is 2.35. The van der Waals surface area contributed by atoms with Gasteiger partial charge in [0.15, 0.2) is 0 Å². The Morgan fingerprint density at radius 3 is 2.71 bits per heavy atom. The fourth-order valence-electron chi connectivity index (χ4n) is 4.10. The SMILES string of the molecule is CC.Cc1cc(F)c2c(c1)c1c(n2C)CCN2CCCC12. The van der Waals surface area contributed by atoms with Crippen molar-refractivity contribution in [2.24, 2.45) is 7.05 Å². The van der Waals surface area contributed by atoms with E-state index in [1.54, 1.807) is 6.07 Å². The molecule has 0 radical (unpaired) electrons. The number of aryl methyl sites for hydroxylation is 2. The number of hydrogen-bond acceptors (Lipinski definition) is 1. The fourth-order valence-corrected chi connectivity index (χ4v) is 4.10. The predicted molar refractivity (Wildman–Crippen MR) is 86.2 cm³/mol. The highest BCUT2D eigenvalue weighted by molar-refractivity contribution is 5.87. The lowest BCUT2D eigenvalue weighted by atomic mass is 9.95. The van der Waals surface area contributed by atoms with Crippen LogP contribution in [0.3, 0.4) is 0 Å². The molecule has 0 spiro atoms. The van der Waals surface area contributed by atoms with E-state index >= 15 is 0 Å². The first-order valence-electron chi connectivity index (χ1n) is 8.18. The molecule has 0 aliphatic carbocycles. The van der Waals surface area contributed by atoms with Gasteiger partial charge in [0.2, 0.25) is 0 Å². The molecule has 21 heavy (non-hydrogen) atoms. The molecule has 4 rings (SSSR count). The Balaban J connectivity index is 0.000000636. The minimum Gasteiger partial charge on any atom is -0.345 e. The summed E-state index contributed by atoms with van der Waals surface area (Å²) < 4.78 is 16.4. The standard InChI is InChI=1S/C16H19FN2.C2H6/c1-10-8-11-15-13(18(2)16(11)12(17)9-10)5-7-19-6-3-4-14(15)19;1-2/h8-9,14H,3-7H2,1-2H3;1-2H3. The van der Waals surface area contributed by atoms with E-state index in [1.165, 1.54) is 30.6 Å². The topological polar surface area (TPSA) is 8.17 Å². The molecule has 3 heterocycles. The van der Waals surface area contributed by atoms with Gasteiger partial charge in [-0.05, 0) is 49.6 Å². The minimum atomic E-state index is -0.0727. The summed E-state index contributed by atoms with van der Waals surface area (Å²) in [4.78, 5) is 2.57. The third-order valence-corrected chi connectivity index (χ3v) is 4.88. The quantitative estimate of drug-likeness (QED) is 0.700. The number of aromatic nitrogens is 1. The van der Waals surface area contributed by atoms with Gasteiger partial charge in [0.25, 0.3) is 0 Å². The zero-order valence-corrected chi connectivity index (χ0v) is 13.5. The van der Waals surface area contributed by atoms with Crippen LogP contribution in [0.1, 0.15) is 49.6 Å². The summed E-state index contributed by atoms with van der Waals surface area (Å²) in [6.07, 6.45) is 3.55. The number of hydrogen-bond donors (Lipinski definition) is 0. The Kier molecular flexibility index (Phi) is 3.78. The van der Waals surface area contributed by atoms with Crippen molar-refractivity contribution in [3.05, 3.63) is 34.8 Å². The summed E-state index contributed by atoms with van der Waals surface area (Å²) in [5.41, 5.74) is 4.57. The second kappa shape index (κ2) is 5.45. The lowest BCUT2D eigenvalue weighted by Crippen LogP contribution is -2.31. The van der Waals surface area contributed by atoms with Crippen molar-refractivity contribution in [1.82, 2.24) is 9.47 Å². The molecule has 2 aliphatic rings. The number of halogens is 1. The summed E-state index contributed by atoms with van der Waals surface area (Å²) in [5, 5.41) is 1.15. The van der Waals surface area contributed by atoms with Crippen LogP contribution < -0.4 is 0 Å². The average Bonchev–Trinajstić information content (AvgIpc) is 3.04. The fraction of sp³-hybridized carbons (Fsp3) is 0.556. The summed E-state index contributed by atoms with van der Waals surface area (Å²) in [7, 11) is 2.02. The third kappa shape index (κ3) is 2.10. The Morgan fingerprint density at radius 2 is 1.95 bits per heavy atom. The molecule has 1 saturated heterocycles. The van der Waals surface area contributed by atoms with Crippen LogP contribution in [0.25, 0.3) is 10.9 Å². The smallest absolute Gasteiger partial charge is 0.147 e. The van der Waals surface area contributed by atoms with E-state index < -0.39 is 0 Å². The maximum Gasteiger partial charge on any atom is 0.147 e. The minimum absolute atomic E-state index is 0.0727. The molecule has 0 saturated carbocycles. The van der Waals surface area contributed by atoms with E-state index in [4.69, 9.17) is 0 Å². The van der Waals surface area contributed by atoms with Gasteiger partial charge in [-0.25, -0.2) is 4.39 Å². The molecule has 0 N–H and O–H groups in total. The summed E-state index contributed by atoms with van der Waals surface area (Å²) in [6, 6.07) is 4.34. The van der Waals surface area contributed by atoms with Crippen LogP contribution in [0.2, 0.25) is 0 Å². The van der Waals surface area contributed by atoms with Crippen LogP contribution in [-0.2, 0) is 13.5 Å². The monoisotopic (exact) mass is 288 g/mol. The largest absolute Gasteiger partial charge is 0.345 e. The molecule has 1 aromatic carbocycles. The first-order chi connectivity index (χ1) is 10.2. The number of benzene rings is 1. The average molecular weight is 288 g/mol. The van der Waals surface area contributed by atoms with Gasteiger partial charge in [-0.3, -0.25) is 4.90 Å². The van der Waals surface area contributed by atoms with Gasteiger partial charge in [0, 0.05) is 37.1 Å². The van der Waals surface area contributed by atoms with Crippen molar-refractivity contribution in [1.29, 1.82) is 0 Å². The van der Waals surface area contributed by atoms with E-state index in [1.807, 2.05) is 27.8 Å². The molecule has 1 fully saturated rings. The van der Waals surface area contributed by atoms with Crippen molar-refractivity contribution in [2.75, 3.05) is 13.1 Å². The van der Waals surface area contributed by atoms with Crippen molar-refractivity contribution < 1.29 is 4.39 Å². The van der Waals surface area contributed by atoms with Gasteiger partial charge >= 0.3 is 0 Å². The normalized spacial score (nSPS) is 20.9. The van der Waals surface area contributed by atoms with Crippen LogP contribution in [0, 0.1) is 12.7 Å². The Hall–Kier alpha value is -1.35. The molecule has 0 amide bonds. The molecular formula is C18H25FN2. The van der Waals surface area contributed by atoms with E-state index in [0.29, 0.717) is 6.04 Å². The van der Waals surface area contributed by atoms with E-state index in [0.717, 1.165) is 29.4 Å². The predicted octanol–water partition coefficient (Wildman–Crippen LogP) is 4.35. The molecule has 1 unspecified atom stereocenters. The highest BCUT2D eigenvalue weighted by atomic mass is 19.1. The van der Waals surface area contributed by atoms with Crippen molar-refractivity contribution in [3.63, 3.8) is 0 Å². The van der Waals surface area contributed by atoms with Crippen LogP contribution >= 0.6 is 0 Å². The van der Waals surface area contributed by atoms with Crippen molar-refractivity contribution in [2.45, 2.75) is 46.1 Å². The van der Waals surface area contributed by atoms with Crippen LogP contribution in [0.5, 0.6) is 0 Å². The van der Waals surface area contributed by atoms with Crippen molar-refractivity contribution in [3.8, 4) is 0 Å². The zero-order valence-electron chi connectivity index (χ0n) is 13.5. The second-order valence-corrected chi connectivity index (χ2v) is 6.01. The molecule has 2 nitrogen and oxygen atoms in total.